The smallest absolute Gasteiger partial charge is 0.295 e. The summed E-state index contributed by atoms with van der Waals surface area (Å²) in [6, 6.07) is 22.4. The Hall–Kier alpha value is -3.98. The molecule has 4 rings (SSSR count). The van der Waals surface area contributed by atoms with Crippen molar-refractivity contribution >= 4 is 38.2 Å². The molecule has 9 heteroatoms. The summed E-state index contributed by atoms with van der Waals surface area (Å²) in [6.07, 6.45) is 1.15. The molecule has 0 unspecified atom stereocenters. The molecule has 32 heavy (non-hydrogen) atoms. The molecule has 2 N–H and O–H groups in total. The van der Waals surface area contributed by atoms with Gasteiger partial charge in [-0.2, -0.15) is 0 Å². The number of sulfonamides is 1. The monoisotopic (exact) mass is 448 g/mol. The number of nitrogens with zero attached hydrogens (tertiary/aromatic N) is 3. The van der Waals surface area contributed by atoms with Crippen LogP contribution in [0.1, 0.15) is 15.9 Å². The third-order valence-corrected chi connectivity index (χ3v) is 6.01. The molecule has 8 nitrogen and oxygen atoms in total. The molecule has 0 aliphatic heterocycles. The maximum atomic E-state index is 12.4. The van der Waals surface area contributed by atoms with Gasteiger partial charge in [0.15, 0.2) is 5.69 Å². The molecule has 0 spiro atoms. The number of anilines is 1. The molecule has 0 saturated carbocycles. The minimum atomic E-state index is -3.49. The van der Waals surface area contributed by atoms with Crippen molar-refractivity contribution in [2.24, 2.45) is 10.2 Å². The first-order valence-electron chi connectivity index (χ1n) is 9.70. The lowest BCUT2D eigenvalue weighted by Crippen LogP contribution is -2.29. The number of benzene rings is 3. The lowest BCUT2D eigenvalue weighted by molar-refractivity contribution is 0.0995. The van der Waals surface area contributed by atoms with E-state index in [1.165, 1.54) is 4.31 Å². The van der Waals surface area contributed by atoms with Crippen LogP contribution in [-0.4, -0.2) is 30.7 Å². The van der Waals surface area contributed by atoms with Crippen LogP contribution in [0.25, 0.3) is 10.9 Å². The highest BCUT2D eigenvalue weighted by Crippen LogP contribution is 2.35. The average Bonchev–Trinajstić information content (AvgIpc) is 3.11. The molecule has 1 aromatic heterocycles. The molecule has 4 aromatic rings. The van der Waals surface area contributed by atoms with Gasteiger partial charge in [-0.3, -0.25) is 9.10 Å². The van der Waals surface area contributed by atoms with Gasteiger partial charge in [0, 0.05) is 10.9 Å². The van der Waals surface area contributed by atoms with Crippen molar-refractivity contribution in [3.8, 4) is 5.88 Å². The summed E-state index contributed by atoms with van der Waals surface area (Å²) in [6.45, 7) is 0.127. The number of rotatable bonds is 6. The van der Waals surface area contributed by atoms with Gasteiger partial charge in [0.1, 0.15) is 0 Å². The molecule has 0 atom stereocenters. The Balaban J connectivity index is 1.52. The standard InChI is InChI=1S/C23H20N4O4S/c1-32(30,31)27(18-7-3-2-4-8-18)15-16-11-13-17(14-12-16)22(28)26-25-21-19-9-5-6-10-20(19)24-23(21)29/h2-14,24,29H,15H2,1H3. The van der Waals surface area contributed by atoms with E-state index < -0.39 is 15.9 Å². The van der Waals surface area contributed by atoms with Crippen LogP contribution in [0, 0.1) is 0 Å². The van der Waals surface area contributed by atoms with Gasteiger partial charge < -0.3 is 10.1 Å². The topological polar surface area (TPSA) is 115 Å². The Kier molecular flexibility index (Phi) is 5.74. The number of fused-ring (bicyclic) bond motifs is 1. The van der Waals surface area contributed by atoms with Crippen LogP contribution >= 0.6 is 0 Å². The second-order valence-electron chi connectivity index (χ2n) is 7.18. The highest BCUT2D eigenvalue weighted by Gasteiger charge is 2.18. The summed E-state index contributed by atoms with van der Waals surface area (Å²) in [4.78, 5) is 15.2. The summed E-state index contributed by atoms with van der Waals surface area (Å²) in [5.41, 5.74) is 2.44. The molecular weight excluding hydrogens is 428 g/mol. The number of hydrogen-bond donors (Lipinski definition) is 2. The van der Waals surface area contributed by atoms with Gasteiger partial charge in [-0.1, -0.05) is 48.5 Å². The number of carbonyl (C=O) groups is 1. The number of aromatic amines is 1. The lowest BCUT2D eigenvalue weighted by Gasteiger charge is -2.22. The molecule has 1 heterocycles. The maximum absolute atomic E-state index is 12.4. The molecule has 0 bridgehead atoms. The van der Waals surface area contributed by atoms with E-state index in [0.717, 1.165) is 6.26 Å². The summed E-state index contributed by atoms with van der Waals surface area (Å²) in [5, 5.41) is 18.3. The normalized spacial score (nSPS) is 11.8. The van der Waals surface area contributed by atoms with Gasteiger partial charge in [-0.25, -0.2) is 8.42 Å². The van der Waals surface area contributed by atoms with Crippen LogP contribution < -0.4 is 4.31 Å². The third kappa shape index (κ3) is 4.52. The van der Waals surface area contributed by atoms with E-state index >= 15 is 0 Å². The fraction of sp³-hybridized carbons (Fsp3) is 0.0870. The van der Waals surface area contributed by atoms with Gasteiger partial charge in [-0.15, -0.1) is 10.2 Å². The Morgan fingerprint density at radius 3 is 2.31 bits per heavy atom. The van der Waals surface area contributed by atoms with Crippen LogP contribution in [0.5, 0.6) is 5.88 Å². The number of nitrogens with one attached hydrogen (secondary N) is 1. The molecule has 0 aliphatic rings. The van der Waals surface area contributed by atoms with E-state index in [4.69, 9.17) is 0 Å². The number of carbonyl (C=O) groups excluding carboxylic acids is 1. The van der Waals surface area contributed by atoms with Gasteiger partial charge in [-0.05, 0) is 35.9 Å². The van der Waals surface area contributed by atoms with Crippen LogP contribution in [0.15, 0.2) is 89.1 Å². The van der Waals surface area contributed by atoms with E-state index in [9.17, 15) is 18.3 Å². The summed E-state index contributed by atoms with van der Waals surface area (Å²) < 4.78 is 25.8. The highest BCUT2D eigenvalue weighted by atomic mass is 32.2. The first-order valence-corrected chi connectivity index (χ1v) is 11.6. The largest absolute Gasteiger partial charge is 0.493 e. The van der Waals surface area contributed by atoms with Crippen molar-refractivity contribution in [3.63, 3.8) is 0 Å². The van der Waals surface area contributed by atoms with Crippen molar-refractivity contribution in [2.45, 2.75) is 6.54 Å². The predicted molar refractivity (Wildman–Crippen MR) is 123 cm³/mol. The minimum absolute atomic E-state index is 0.127. The van der Waals surface area contributed by atoms with Crippen LogP contribution in [0.4, 0.5) is 11.4 Å². The van der Waals surface area contributed by atoms with E-state index in [2.05, 4.69) is 15.2 Å². The Bertz CT molecular complexity index is 1400. The quantitative estimate of drug-likeness (QED) is 0.414. The number of hydrogen-bond acceptors (Lipinski definition) is 5. The molecule has 0 saturated heterocycles. The number of para-hydroxylation sites is 2. The number of amides is 1. The van der Waals surface area contributed by atoms with Crippen molar-refractivity contribution in [1.29, 1.82) is 0 Å². The highest BCUT2D eigenvalue weighted by molar-refractivity contribution is 7.92. The van der Waals surface area contributed by atoms with Gasteiger partial charge in [0.25, 0.3) is 5.91 Å². The van der Waals surface area contributed by atoms with Crippen LogP contribution in [0.3, 0.4) is 0 Å². The molecular formula is C23H20N4O4S. The molecule has 0 fully saturated rings. The SMILES string of the molecule is CS(=O)(=O)N(Cc1ccc(C(=O)N=Nc2c(O)[nH]c3ccccc23)cc1)c1ccccc1. The minimum Gasteiger partial charge on any atom is -0.493 e. The van der Waals surface area contributed by atoms with Gasteiger partial charge >= 0.3 is 0 Å². The average molecular weight is 449 g/mol. The fourth-order valence-electron chi connectivity index (χ4n) is 3.28. The number of H-pyrrole nitrogens is 1. The zero-order valence-electron chi connectivity index (χ0n) is 17.1. The molecule has 0 aliphatic carbocycles. The zero-order chi connectivity index (χ0) is 22.7. The molecule has 162 valence electrons. The first-order chi connectivity index (χ1) is 15.3. The second-order valence-corrected chi connectivity index (χ2v) is 9.08. The molecule has 1 amide bonds. The van der Waals surface area contributed by atoms with Crippen molar-refractivity contribution in [2.75, 3.05) is 10.6 Å². The summed E-state index contributed by atoms with van der Waals surface area (Å²) >= 11 is 0. The van der Waals surface area contributed by atoms with E-state index in [1.54, 1.807) is 66.7 Å². The first kappa shape index (κ1) is 21.3. The molecule has 3 aromatic carbocycles. The van der Waals surface area contributed by atoms with Gasteiger partial charge in [0.05, 0.1) is 24.0 Å². The van der Waals surface area contributed by atoms with Gasteiger partial charge in [0.2, 0.25) is 15.9 Å². The van der Waals surface area contributed by atoms with Crippen molar-refractivity contribution in [3.05, 3.63) is 90.0 Å². The molecule has 0 radical (unpaired) electrons. The van der Waals surface area contributed by atoms with Crippen molar-refractivity contribution < 1.29 is 18.3 Å². The third-order valence-electron chi connectivity index (χ3n) is 4.87. The zero-order valence-corrected chi connectivity index (χ0v) is 18.0. The maximum Gasteiger partial charge on any atom is 0.295 e. The Morgan fingerprint density at radius 1 is 0.969 bits per heavy atom. The van der Waals surface area contributed by atoms with E-state index in [1.807, 2.05) is 12.1 Å². The summed E-state index contributed by atoms with van der Waals surface area (Å²) in [5.74, 6) is -0.746. The van der Waals surface area contributed by atoms with Crippen molar-refractivity contribution in [1.82, 2.24) is 4.98 Å². The van der Waals surface area contributed by atoms with E-state index in [-0.39, 0.29) is 18.1 Å². The Morgan fingerprint density at radius 2 is 1.62 bits per heavy atom. The van der Waals surface area contributed by atoms with Crippen LogP contribution in [0.2, 0.25) is 0 Å². The Labute approximate surface area is 184 Å². The number of aromatic hydroxyl groups is 1. The van der Waals surface area contributed by atoms with E-state index in [0.29, 0.717) is 27.7 Å². The summed E-state index contributed by atoms with van der Waals surface area (Å²) in [7, 11) is -3.49. The number of aromatic nitrogens is 1. The number of azo groups is 1. The lowest BCUT2D eigenvalue weighted by atomic mass is 10.1. The second kappa shape index (κ2) is 8.64. The fourth-order valence-corrected chi connectivity index (χ4v) is 4.17. The van der Waals surface area contributed by atoms with Crippen LogP contribution in [-0.2, 0) is 16.6 Å². The predicted octanol–water partition coefficient (Wildman–Crippen LogP) is 4.76.